The Morgan fingerprint density at radius 2 is 1.25 bits per heavy atom. The average Bonchev–Trinajstić information content (AvgIpc) is 1.00. The van der Waals surface area contributed by atoms with Crippen LogP contribution in [0.15, 0.2) is 0 Å². The van der Waals surface area contributed by atoms with E-state index in [-0.39, 0.29) is 47.9 Å². The second kappa shape index (κ2) is 18.6. The van der Waals surface area contributed by atoms with E-state index in [0.29, 0.717) is 0 Å². The Bertz CT molecular complexity index is 8.00. The minimum atomic E-state index is 0. The molecule has 0 heterocycles. The summed E-state index contributed by atoms with van der Waals surface area (Å²) in [6.45, 7) is 0. The first-order chi connectivity index (χ1) is 1.00. The smallest absolute Gasteiger partial charge is 0 e. The van der Waals surface area contributed by atoms with Crippen molar-refractivity contribution in [3.63, 3.8) is 0 Å². The van der Waals surface area contributed by atoms with Gasteiger partial charge in [0.05, 0.1) is 0 Å². The molecule has 0 aliphatic carbocycles. The number of hydrogen-bond donors (Lipinski definition) is 0. The Labute approximate surface area is 72.0 Å². The molecular weight excluding hydrogens is 247 g/mol. The SMILES string of the molecule is [CH3][Mo].[Ti].[Zr]. The normalized spacial score (nSPS) is 1.25. The fourth-order valence-electron chi connectivity index (χ4n) is 0. The predicted molar refractivity (Wildman–Crippen MR) is 5.86 cm³/mol. The van der Waals surface area contributed by atoms with Crippen molar-refractivity contribution in [1.82, 2.24) is 0 Å². The third kappa shape index (κ3) is 8.86. The van der Waals surface area contributed by atoms with Crippen molar-refractivity contribution in [2.45, 2.75) is 5.31 Å². The van der Waals surface area contributed by atoms with E-state index in [1.165, 1.54) is 0 Å². The molecule has 0 bridgehead atoms. The largest absolute Gasteiger partial charge is 0 e. The van der Waals surface area contributed by atoms with Crippen molar-refractivity contribution in [2.75, 3.05) is 0 Å². The van der Waals surface area contributed by atoms with Gasteiger partial charge in [0.1, 0.15) is 0 Å². The third-order valence-corrected chi connectivity index (χ3v) is 0. The molecule has 0 saturated heterocycles. The van der Waals surface area contributed by atoms with Gasteiger partial charge < -0.3 is 0 Å². The van der Waals surface area contributed by atoms with Gasteiger partial charge in [-0.1, -0.05) is 0 Å². The Hall–Kier alpha value is 2.29. The molecule has 0 nitrogen and oxygen atoms in total. The summed E-state index contributed by atoms with van der Waals surface area (Å²) in [5, 5.41) is 2.01. The fraction of sp³-hybridized carbons (Fsp3) is 1.00. The minimum Gasteiger partial charge on any atom is 0 e. The van der Waals surface area contributed by atoms with Gasteiger partial charge in [0.25, 0.3) is 0 Å². The minimum absolute atomic E-state index is 0. The van der Waals surface area contributed by atoms with Crippen molar-refractivity contribution >= 4 is 0 Å². The van der Waals surface area contributed by atoms with E-state index in [4.69, 9.17) is 0 Å². The molecule has 21 valence electrons. The molecular formula is CH3MoTiZr. The van der Waals surface area contributed by atoms with Crippen LogP contribution in [0.25, 0.3) is 0 Å². The van der Waals surface area contributed by atoms with Gasteiger partial charge in [0, 0.05) is 47.9 Å². The maximum atomic E-state index is 2.01. The van der Waals surface area contributed by atoms with E-state index >= 15 is 0 Å². The van der Waals surface area contributed by atoms with Crippen molar-refractivity contribution in [3.8, 4) is 0 Å². The Morgan fingerprint density at radius 1 is 1.25 bits per heavy atom. The van der Waals surface area contributed by atoms with Crippen LogP contribution in [0, 0.1) is 0 Å². The van der Waals surface area contributed by atoms with E-state index in [2.05, 4.69) is 0 Å². The van der Waals surface area contributed by atoms with Gasteiger partial charge in [-0.05, 0) is 0 Å². The van der Waals surface area contributed by atoms with Crippen molar-refractivity contribution in [1.29, 1.82) is 0 Å². The summed E-state index contributed by atoms with van der Waals surface area (Å²) in [6, 6.07) is 0. The van der Waals surface area contributed by atoms with Crippen LogP contribution < -0.4 is 0 Å². The van der Waals surface area contributed by atoms with Crippen molar-refractivity contribution in [3.05, 3.63) is 0 Å². The average molecular weight is 250 g/mol. The van der Waals surface area contributed by atoms with Gasteiger partial charge in [-0.2, -0.15) is 0 Å². The fourth-order valence-corrected chi connectivity index (χ4v) is 0. The summed E-state index contributed by atoms with van der Waals surface area (Å²) < 4.78 is 0. The first-order valence-corrected chi connectivity index (χ1v) is 2.42. The van der Waals surface area contributed by atoms with Gasteiger partial charge in [0.15, 0.2) is 0 Å². The maximum absolute atomic E-state index is 2.01. The molecule has 0 fully saturated rings. The molecule has 0 N–H and O–H groups in total. The topological polar surface area (TPSA) is 0 Å². The molecule has 0 aromatic carbocycles. The second-order valence-corrected chi connectivity index (χ2v) is 0. The predicted octanol–water partition coefficient (Wildman–Crippen LogP) is 0.576. The molecule has 0 aromatic heterocycles. The van der Waals surface area contributed by atoms with Crippen LogP contribution in [0.1, 0.15) is 0 Å². The summed E-state index contributed by atoms with van der Waals surface area (Å²) in [5.41, 5.74) is 0. The molecule has 0 rings (SSSR count). The molecule has 0 unspecified atom stereocenters. The summed E-state index contributed by atoms with van der Waals surface area (Å²) >= 11 is 1.95. The zero-order chi connectivity index (χ0) is 2.00. The summed E-state index contributed by atoms with van der Waals surface area (Å²) in [4.78, 5) is 0. The van der Waals surface area contributed by atoms with Crippen LogP contribution in [0.2, 0.25) is 5.31 Å². The van der Waals surface area contributed by atoms with Gasteiger partial charge >= 0.3 is 25.1 Å². The Kier molecular flexibility index (Phi) is 75.6. The van der Waals surface area contributed by atoms with E-state index in [9.17, 15) is 0 Å². The molecule has 0 atom stereocenters. The molecule has 0 radical (unpaired) electrons. The Morgan fingerprint density at radius 3 is 1.25 bits per heavy atom. The van der Waals surface area contributed by atoms with Crippen molar-refractivity contribution in [2.24, 2.45) is 0 Å². The summed E-state index contributed by atoms with van der Waals surface area (Å²) in [7, 11) is 0. The van der Waals surface area contributed by atoms with E-state index in [1.807, 2.05) is 25.1 Å². The molecule has 0 aromatic rings. The summed E-state index contributed by atoms with van der Waals surface area (Å²) in [6.07, 6.45) is 0. The third-order valence-electron chi connectivity index (χ3n) is 0. The molecule has 4 heavy (non-hydrogen) atoms. The zero-order valence-electron chi connectivity index (χ0n) is 2.41. The molecule has 0 saturated carbocycles. The van der Waals surface area contributed by atoms with Gasteiger partial charge in [-0.25, -0.2) is 0 Å². The number of rotatable bonds is 0. The van der Waals surface area contributed by atoms with Gasteiger partial charge in [-0.15, -0.1) is 0 Å². The zero-order valence-corrected chi connectivity index (χ0v) is 8.43. The van der Waals surface area contributed by atoms with Crippen LogP contribution in [0.4, 0.5) is 0 Å². The van der Waals surface area contributed by atoms with Crippen LogP contribution in [0.5, 0.6) is 0 Å². The monoisotopic (exact) mass is 251 g/mol. The van der Waals surface area contributed by atoms with E-state index < -0.39 is 0 Å². The first-order valence-electron chi connectivity index (χ1n) is 0.408. The molecule has 3 heteroatoms. The van der Waals surface area contributed by atoms with Gasteiger partial charge in [0.2, 0.25) is 0 Å². The standard InChI is InChI=1S/CH3.Mo.Ti.Zr/h1H3;;;. The molecule has 0 spiro atoms. The molecule has 0 amide bonds. The second-order valence-electron chi connectivity index (χ2n) is 0. The Balaban J connectivity index is -0.00000000500. The number of hydrogen-bond acceptors (Lipinski definition) is 0. The van der Waals surface area contributed by atoms with Crippen molar-refractivity contribution < 1.29 is 67.7 Å². The van der Waals surface area contributed by atoms with E-state index in [0.717, 1.165) is 0 Å². The van der Waals surface area contributed by atoms with Crippen LogP contribution in [-0.2, 0) is 67.7 Å². The van der Waals surface area contributed by atoms with E-state index in [1.54, 1.807) is 0 Å². The summed E-state index contributed by atoms with van der Waals surface area (Å²) in [5.74, 6) is 0. The van der Waals surface area contributed by atoms with Crippen LogP contribution in [0.3, 0.4) is 0 Å². The first kappa shape index (κ1) is 16.3. The van der Waals surface area contributed by atoms with Gasteiger partial charge in [-0.3, -0.25) is 0 Å². The molecule has 0 aliphatic heterocycles. The quantitative estimate of drug-likeness (QED) is 0.551. The van der Waals surface area contributed by atoms with Crippen LogP contribution in [-0.4, -0.2) is 0 Å². The molecule has 0 aliphatic rings. The van der Waals surface area contributed by atoms with Crippen LogP contribution >= 0.6 is 0 Å². The maximum Gasteiger partial charge on any atom is 0 e.